The van der Waals surface area contributed by atoms with Crippen LogP contribution in [0.3, 0.4) is 0 Å². The fourth-order valence-electron chi connectivity index (χ4n) is 10.8. The zero-order valence-electron chi connectivity index (χ0n) is 31.5. The van der Waals surface area contributed by atoms with Gasteiger partial charge in [-0.2, -0.15) is 0 Å². The largest absolute Gasteiger partial charge is 0.309 e. The Hall–Kier alpha value is -4.69. The maximum atomic E-state index is 16.6. The van der Waals surface area contributed by atoms with E-state index < -0.39 is 13.0 Å². The van der Waals surface area contributed by atoms with E-state index in [4.69, 9.17) is 0 Å². The molecule has 7 aromatic rings. The Morgan fingerprint density at radius 1 is 0.466 bits per heavy atom. The number of hydrogen-bond acceptors (Lipinski definition) is 5. The number of rotatable bonds is 5. The first-order chi connectivity index (χ1) is 28.2. The lowest BCUT2D eigenvalue weighted by molar-refractivity contribution is 0.0488. The Balaban J connectivity index is 1.31. The van der Waals surface area contributed by atoms with Gasteiger partial charge in [0.05, 0.1) is 5.56 Å². The van der Waals surface area contributed by atoms with Gasteiger partial charge < -0.3 is 4.57 Å². The Labute approximate surface area is 351 Å². The van der Waals surface area contributed by atoms with Crippen LogP contribution in [0.25, 0.3) is 43.1 Å². The van der Waals surface area contributed by atoms with E-state index in [1.807, 2.05) is 91.0 Å². The molecule has 2 heterocycles. The van der Waals surface area contributed by atoms with Gasteiger partial charge in [0.15, 0.2) is 7.14 Å². The number of nitrogens with zero attached hydrogens (tertiary/aromatic N) is 2. The minimum Gasteiger partial charge on any atom is -0.309 e. The predicted molar refractivity (Wildman–Crippen MR) is 237 cm³/mol. The van der Waals surface area contributed by atoms with E-state index in [1.54, 1.807) is 0 Å². The second-order valence-corrected chi connectivity index (χ2v) is 20.8. The van der Waals surface area contributed by atoms with Gasteiger partial charge in [-0.3, -0.25) is 29.0 Å². The zero-order valence-corrected chi connectivity index (χ0v) is 35.6. The summed E-state index contributed by atoms with van der Waals surface area (Å²) in [7, 11) is -3.82. The summed E-state index contributed by atoms with van der Waals surface area (Å²) in [4.78, 5) is 62.2. The van der Waals surface area contributed by atoms with Crippen LogP contribution in [0.2, 0.25) is 0 Å². The molecule has 2 fully saturated rings. The fourth-order valence-corrected chi connectivity index (χ4v) is 14.9. The molecule has 10 heteroatoms. The molecule has 4 amide bonds. The lowest BCUT2D eigenvalue weighted by atomic mass is 9.81. The highest BCUT2D eigenvalue weighted by Gasteiger charge is 2.45. The van der Waals surface area contributed by atoms with Gasteiger partial charge in [0.1, 0.15) is 0 Å². The predicted octanol–water partition coefficient (Wildman–Crippen LogP) is 10.8. The van der Waals surface area contributed by atoms with Crippen LogP contribution in [0, 0.1) is 0 Å². The molecule has 2 aliphatic carbocycles. The summed E-state index contributed by atoms with van der Waals surface area (Å²) < 4.78 is 17.9. The van der Waals surface area contributed by atoms with Gasteiger partial charge in [0, 0.05) is 86.0 Å². The van der Waals surface area contributed by atoms with Crippen molar-refractivity contribution >= 4 is 122 Å². The third-order valence-electron chi connectivity index (χ3n) is 13.3. The third-order valence-corrected chi connectivity index (χ3v) is 17.7. The molecule has 7 aromatic carbocycles. The van der Waals surface area contributed by atoms with Crippen molar-refractivity contribution < 1.29 is 23.7 Å². The molecule has 4 aliphatic rings. The van der Waals surface area contributed by atoms with Crippen LogP contribution in [0.5, 0.6) is 0 Å². The average molecular weight is 913 g/mol. The molecule has 11 rings (SSSR count). The van der Waals surface area contributed by atoms with Crippen LogP contribution in [0.15, 0.2) is 99.9 Å². The first kappa shape index (κ1) is 36.4. The summed E-state index contributed by atoms with van der Waals surface area (Å²) in [6, 6.07) is 27.6. The second kappa shape index (κ2) is 13.4. The first-order valence-electron chi connectivity index (χ1n) is 20.3. The standard InChI is InChI=1S/C48H37Br2N2O5P/c49-35-24-34-43-42-32(40-36(50)23-33-38-31(22-21-30(39(35)42)41(38)40)45(53)51(46(33)54)26-13-5-1-6-14-26)25-37(44(43)48(56)52(47(34)55)27-15-7-2-8-16-27)58(57,28-17-9-3-10-18-28)29-19-11-4-12-20-29/h3-4,9-12,17-27H,1-2,5-8,13-16H2. The highest BCUT2D eigenvalue weighted by molar-refractivity contribution is 9.11. The van der Waals surface area contributed by atoms with E-state index >= 15 is 9.36 Å². The summed E-state index contributed by atoms with van der Waals surface area (Å²) >= 11 is 7.82. The van der Waals surface area contributed by atoms with Crippen molar-refractivity contribution in [3.8, 4) is 0 Å². The van der Waals surface area contributed by atoms with Crippen LogP contribution in [0.4, 0.5) is 0 Å². The van der Waals surface area contributed by atoms with Crippen molar-refractivity contribution in [2.24, 2.45) is 0 Å². The average Bonchev–Trinajstić information content (AvgIpc) is 3.25. The smallest absolute Gasteiger partial charge is 0.262 e. The molecule has 58 heavy (non-hydrogen) atoms. The molecule has 0 unspecified atom stereocenters. The molecule has 0 aromatic heterocycles. The van der Waals surface area contributed by atoms with E-state index in [2.05, 4.69) is 31.9 Å². The minimum absolute atomic E-state index is 0.148. The van der Waals surface area contributed by atoms with Gasteiger partial charge in [-0.1, -0.05) is 137 Å². The summed E-state index contributed by atoms with van der Waals surface area (Å²) in [5.74, 6) is -1.33. The van der Waals surface area contributed by atoms with Gasteiger partial charge in [-0.05, 0) is 60.7 Å². The quantitative estimate of drug-likeness (QED) is 0.0742. The highest BCUT2D eigenvalue weighted by atomic mass is 79.9. The van der Waals surface area contributed by atoms with Gasteiger partial charge in [0.2, 0.25) is 0 Å². The Bertz CT molecular complexity index is 2970. The molecular weight excluding hydrogens is 875 g/mol. The maximum Gasteiger partial charge on any atom is 0.262 e. The molecule has 2 aliphatic heterocycles. The van der Waals surface area contributed by atoms with Crippen molar-refractivity contribution in [1.29, 1.82) is 0 Å². The molecule has 0 bridgehead atoms. The summed E-state index contributed by atoms with van der Waals surface area (Å²) in [6.45, 7) is 0. The molecule has 0 atom stereocenters. The Kier molecular flexibility index (Phi) is 8.42. The molecular formula is C48H37Br2N2O5P. The van der Waals surface area contributed by atoms with Crippen LogP contribution >= 0.6 is 39.0 Å². The molecule has 0 saturated heterocycles. The highest BCUT2D eigenvalue weighted by Crippen LogP contribution is 2.54. The van der Waals surface area contributed by atoms with Crippen LogP contribution < -0.4 is 15.9 Å². The first-order valence-corrected chi connectivity index (χ1v) is 23.6. The minimum atomic E-state index is -3.82. The van der Waals surface area contributed by atoms with Crippen molar-refractivity contribution in [3.63, 3.8) is 0 Å². The van der Waals surface area contributed by atoms with E-state index in [1.165, 1.54) is 9.80 Å². The molecule has 288 valence electrons. The van der Waals surface area contributed by atoms with E-state index in [9.17, 15) is 14.4 Å². The van der Waals surface area contributed by atoms with Crippen LogP contribution in [0.1, 0.15) is 106 Å². The molecule has 0 radical (unpaired) electrons. The summed E-state index contributed by atoms with van der Waals surface area (Å²) in [5.41, 5.74) is 1.62. The van der Waals surface area contributed by atoms with Gasteiger partial charge in [-0.15, -0.1) is 0 Å². The van der Waals surface area contributed by atoms with E-state index in [-0.39, 0.29) is 29.8 Å². The van der Waals surface area contributed by atoms with E-state index in [0.717, 1.165) is 85.8 Å². The fraction of sp³-hybridized carbons (Fsp3) is 0.250. The summed E-state index contributed by atoms with van der Waals surface area (Å²) in [6.07, 6.45) is 8.99. The maximum absolute atomic E-state index is 16.6. The number of carbonyl (C=O) groups is 4. The number of carbonyl (C=O) groups excluding carboxylic acids is 4. The molecule has 7 nitrogen and oxygen atoms in total. The van der Waals surface area contributed by atoms with Crippen LogP contribution in [-0.4, -0.2) is 45.5 Å². The number of imide groups is 2. The number of fused-ring (bicyclic) bond motifs is 2. The Morgan fingerprint density at radius 3 is 1.48 bits per heavy atom. The molecule has 0 spiro atoms. The van der Waals surface area contributed by atoms with Crippen molar-refractivity contribution in [3.05, 3.63) is 122 Å². The van der Waals surface area contributed by atoms with Crippen molar-refractivity contribution in [2.45, 2.75) is 76.3 Å². The number of amides is 4. The lowest BCUT2D eigenvalue weighted by Crippen LogP contribution is -2.49. The van der Waals surface area contributed by atoms with Gasteiger partial charge >= 0.3 is 0 Å². The van der Waals surface area contributed by atoms with Crippen molar-refractivity contribution in [1.82, 2.24) is 9.80 Å². The van der Waals surface area contributed by atoms with Crippen molar-refractivity contribution in [2.75, 3.05) is 0 Å². The van der Waals surface area contributed by atoms with Gasteiger partial charge in [0.25, 0.3) is 23.6 Å². The lowest BCUT2D eigenvalue weighted by Gasteiger charge is -2.38. The molecule has 2 saturated carbocycles. The van der Waals surface area contributed by atoms with E-state index in [0.29, 0.717) is 68.7 Å². The topological polar surface area (TPSA) is 91.8 Å². The van der Waals surface area contributed by atoms with Gasteiger partial charge in [-0.25, -0.2) is 0 Å². The monoisotopic (exact) mass is 910 g/mol. The summed E-state index contributed by atoms with van der Waals surface area (Å²) in [5, 5.41) is 7.00. The molecule has 0 N–H and O–H groups in total. The Morgan fingerprint density at radius 2 is 0.931 bits per heavy atom. The second-order valence-electron chi connectivity index (χ2n) is 16.4. The zero-order chi connectivity index (χ0) is 39.6. The number of halogens is 2. The SMILES string of the molecule is O=C1c2ccc3c4c(Br)cc5c6c(c(P(=O)(c7ccccc7)c7ccccc7)cc(c7c(Br)cc(c2c37)C(=O)N1C1CCCCC1)c64)C(=O)N(C1CCCCC1)C5=O. The normalized spacial score (nSPS) is 18.2. The number of hydrogen-bond donors (Lipinski definition) is 0. The number of benzene rings is 7. The van der Waals surface area contributed by atoms with Crippen LogP contribution in [-0.2, 0) is 4.57 Å². The third kappa shape index (κ3) is 4.93.